The standard InChI is InChI=1S/C21H26N6O3S/c1-21(2,3)23-19(28)25-10-8-24(9-11-25)14-17-18(22-20-26(17)12-13-31-20)15-4-6-16(7-5-15)27(29)30/h4-7,12-13H,8-11,14H2,1-3H3,(H,23,28). The highest BCUT2D eigenvalue weighted by Crippen LogP contribution is 2.29. The number of amides is 2. The molecule has 164 valence electrons. The average molecular weight is 443 g/mol. The van der Waals surface area contributed by atoms with Gasteiger partial charge in [0.05, 0.1) is 16.3 Å². The lowest BCUT2D eigenvalue weighted by atomic mass is 10.1. The first-order valence-corrected chi connectivity index (χ1v) is 11.1. The molecule has 1 saturated heterocycles. The molecule has 2 amide bonds. The minimum Gasteiger partial charge on any atom is -0.333 e. The maximum absolute atomic E-state index is 12.4. The van der Waals surface area contributed by atoms with Crippen LogP contribution in [0, 0.1) is 10.1 Å². The number of non-ortho nitro benzene ring substituents is 1. The van der Waals surface area contributed by atoms with Gasteiger partial charge in [-0.3, -0.25) is 19.4 Å². The molecule has 0 atom stereocenters. The van der Waals surface area contributed by atoms with Crippen molar-refractivity contribution in [3.05, 3.63) is 51.7 Å². The molecule has 0 unspecified atom stereocenters. The zero-order chi connectivity index (χ0) is 22.2. The molecule has 1 fully saturated rings. The molecular weight excluding hydrogens is 416 g/mol. The Morgan fingerprint density at radius 3 is 2.48 bits per heavy atom. The topological polar surface area (TPSA) is 96.0 Å². The van der Waals surface area contributed by atoms with Crippen LogP contribution in [0.3, 0.4) is 0 Å². The van der Waals surface area contributed by atoms with Gasteiger partial charge in [0, 0.05) is 67.5 Å². The van der Waals surface area contributed by atoms with Gasteiger partial charge >= 0.3 is 6.03 Å². The van der Waals surface area contributed by atoms with Gasteiger partial charge < -0.3 is 10.2 Å². The molecule has 2 aromatic heterocycles. The fourth-order valence-corrected chi connectivity index (χ4v) is 4.41. The van der Waals surface area contributed by atoms with E-state index >= 15 is 0 Å². The van der Waals surface area contributed by atoms with Crippen LogP contribution < -0.4 is 5.32 Å². The second-order valence-electron chi connectivity index (χ2n) is 8.71. The molecule has 31 heavy (non-hydrogen) atoms. The number of nitro groups is 1. The highest BCUT2D eigenvalue weighted by atomic mass is 32.1. The molecule has 4 rings (SSSR count). The number of thiazole rings is 1. The number of piperazine rings is 1. The van der Waals surface area contributed by atoms with Crippen LogP contribution >= 0.6 is 11.3 Å². The summed E-state index contributed by atoms with van der Waals surface area (Å²) in [6.07, 6.45) is 2.00. The first-order valence-electron chi connectivity index (χ1n) is 10.2. The SMILES string of the molecule is CC(C)(C)NC(=O)N1CCN(Cc2c(-c3ccc([N+](=O)[O-])cc3)nc3sccn23)CC1. The molecule has 1 aliphatic rings. The van der Waals surface area contributed by atoms with Gasteiger partial charge in [-0.25, -0.2) is 9.78 Å². The number of aromatic nitrogens is 2. The van der Waals surface area contributed by atoms with Crippen LogP contribution in [0.15, 0.2) is 35.8 Å². The number of nitrogens with zero attached hydrogens (tertiary/aromatic N) is 5. The Bertz CT molecular complexity index is 1090. The van der Waals surface area contributed by atoms with Gasteiger partial charge in [-0.15, -0.1) is 11.3 Å². The van der Waals surface area contributed by atoms with E-state index in [0.29, 0.717) is 19.6 Å². The molecule has 0 radical (unpaired) electrons. The molecule has 0 saturated carbocycles. The lowest BCUT2D eigenvalue weighted by Gasteiger charge is -2.36. The first kappa shape index (κ1) is 21.3. The monoisotopic (exact) mass is 442 g/mol. The average Bonchev–Trinajstić information content (AvgIpc) is 3.30. The van der Waals surface area contributed by atoms with Crippen molar-refractivity contribution in [2.24, 2.45) is 0 Å². The molecule has 0 spiro atoms. The summed E-state index contributed by atoms with van der Waals surface area (Å²) in [5.41, 5.74) is 2.57. The Balaban J connectivity index is 1.50. The summed E-state index contributed by atoms with van der Waals surface area (Å²) in [6.45, 7) is 9.51. The molecule has 3 heterocycles. The summed E-state index contributed by atoms with van der Waals surface area (Å²) in [4.78, 5) is 32.9. The zero-order valence-electron chi connectivity index (χ0n) is 17.9. The quantitative estimate of drug-likeness (QED) is 0.492. The number of benzene rings is 1. The lowest BCUT2D eigenvalue weighted by molar-refractivity contribution is -0.384. The van der Waals surface area contributed by atoms with E-state index in [-0.39, 0.29) is 17.3 Å². The summed E-state index contributed by atoms with van der Waals surface area (Å²) >= 11 is 1.56. The summed E-state index contributed by atoms with van der Waals surface area (Å²) in [6, 6.07) is 6.51. The van der Waals surface area contributed by atoms with Gasteiger partial charge in [0.15, 0.2) is 4.96 Å². The Morgan fingerprint density at radius 1 is 1.19 bits per heavy atom. The molecule has 1 aliphatic heterocycles. The molecule has 0 bridgehead atoms. The number of hydrogen-bond donors (Lipinski definition) is 1. The van der Waals surface area contributed by atoms with E-state index in [0.717, 1.165) is 35.0 Å². The number of imidazole rings is 1. The fraction of sp³-hybridized carbons (Fsp3) is 0.429. The third-order valence-corrected chi connectivity index (χ3v) is 5.98. The van der Waals surface area contributed by atoms with Crippen LogP contribution in [0.4, 0.5) is 10.5 Å². The molecule has 0 aliphatic carbocycles. The number of nitrogens with one attached hydrogen (secondary N) is 1. The molecule has 1 N–H and O–H groups in total. The largest absolute Gasteiger partial charge is 0.333 e. The van der Waals surface area contributed by atoms with Gasteiger partial charge in [0.1, 0.15) is 0 Å². The van der Waals surface area contributed by atoms with Crippen LogP contribution in [-0.4, -0.2) is 61.9 Å². The highest BCUT2D eigenvalue weighted by Gasteiger charge is 2.26. The van der Waals surface area contributed by atoms with Gasteiger partial charge in [0.2, 0.25) is 0 Å². The first-order chi connectivity index (χ1) is 14.7. The maximum Gasteiger partial charge on any atom is 0.317 e. The Kier molecular flexibility index (Phi) is 5.67. The van der Waals surface area contributed by atoms with Crippen molar-refractivity contribution >= 4 is 28.0 Å². The lowest BCUT2D eigenvalue weighted by Crippen LogP contribution is -2.54. The second-order valence-corrected chi connectivity index (χ2v) is 9.58. The van der Waals surface area contributed by atoms with E-state index in [2.05, 4.69) is 14.6 Å². The number of carbonyl (C=O) groups excluding carboxylic acids is 1. The van der Waals surface area contributed by atoms with Crippen molar-refractivity contribution < 1.29 is 9.72 Å². The number of fused-ring (bicyclic) bond motifs is 1. The van der Waals surface area contributed by atoms with Crippen molar-refractivity contribution in [2.45, 2.75) is 32.9 Å². The molecule has 10 heteroatoms. The molecule has 1 aromatic carbocycles. The summed E-state index contributed by atoms with van der Waals surface area (Å²) in [5.74, 6) is 0. The van der Waals surface area contributed by atoms with E-state index < -0.39 is 4.92 Å². The Labute approximate surface area is 184 Å². The Hall–Kier alpha value is -2.98. The number of urea groups is 1. The van der Waals surface area contributed by atoms with Crippen LogP contribution in [0.2, 0.25) is 0 Å². The van der Waals surface area contributed by atoms with E-state index in [4.69, 9.17) is 4.98 Å². The van der Waals surface area contributed by atoms with Crippen LogP contribution in [-0.2, 0) is 6.54 Å². The number of hydrogen-bond acceptors (Lipinski definition) is 6. The predicted molar refractivity (Wildman–Crippen MR) is 120 cm³/mol. The van der Waals surface area contributed by atoms with Crippen molar-refractivity contribution in [3.63, 3.8) is 0 Å². The van der Waals surface area contributed by atoms with E-state index in [1.807, 2.05) is 37.2 Å². The third-order valence-electron chi connectivity index (χ3n) is 5.23. The summed E-state index contributed by atoms with van der Waals surface area (Å²) in [7, 11) is 0. The van der Waals surface area contributed by atoms with Gasteiger partial charge in [-0.05, 0) is 32.9 Å². The number of nitro benzene ring substituents is 1. The summed E-state index contributed by atoms with van der Waals surface area (Å²) < 4.78 is 2.08. The van der Waals surface area contributed by atoms with E-state index in [1.165, 1.54) is 12.1 Å². The Morgan fingerprint density at radius 2 is 1.87 bits per heavy atom. The molecule has 9 nitrogen and oxygen atoms in total. The normalized spacial score (nSPS) is 15.4. The van der Waals surface area contributed by atoms with E-state index in [9.17, 15) is 14.9 Å². The third kappa shape index (κ3) is 4.70. The number of carbonyl (C=O) groups is 1. The van der Waals surface area contributed by atoms with Gasteiger partial charge in [-0.2, -0.15) is 0 Å². The highest BCUT2D eigenvalue weighted by molar-refractivity contribution is 7.15. The van der Waals surface area contributed by atoms with Crippen LogP contribution in [0.25, 0.3) is 16.2 Å². The van der Waals surface area contributed by atoms with Crippen molar-refractivity contribution in [3.8, 4) is 11.3 Å². The van der Waals surface area contributed by atoms with Gasteiger partial charge in [-0.1, -0.05) is 0 Å². The molecular formula is C21H26N6O3S. The van der Waals surface area contributed by atoms with Crippen molar-refractivity contribution in [1.29, 1.82) is 0 Å². The maximum atomic E-state index is 12.4. The van der Waals surface area contributed by atoms with Gasteiger partial charge in [0.25, 0.3) is 5.69 Å². The van der Waals surface area contributed by atoms with Crippen LogP contribution in [0.5, 0.6) is 0 Å². The van der Waals surface area contributed by atoms with Crippen molar-refractivity contribution in [2.75, 3.05) is 26.2 Å². The zero-order valence-corrected chi connectivity index (χ0v) is 18.7. The molecule has 3 aromatic rings. The smallest absolute Gasteiger partial charge is 0.317 e. The predicted octanol–water partition coefficient (Wildman–Crippen LogP) is 3.60. The van der Waals surface area contributed by atoms with Crippen molar-refractivity contribution in [1.82, 2.24) is 24.5 Å². The fourth-order valence-electron chi connectivity index (χ4n) is 3.68. The van der Waals surface area contributed by atoms with Crippen LogP contribution in [0.1, 0.15) is 26.5 Å². The number of rotatable bonds is 4. The second kappa shape index (κ2) is 8.27. The van der Waals surface area contributed by atoms with E-state index in [1.54, 1.807) is 23.5 Å². The summed E-state index contributed by atoms with van der Waals surface area (Å²) in [5, 5.41) is 16.0. The minimum atomic E-state index is -0.397. The minimum absolute atomic E-state index is 0.0247.